The second kappa shape index (κ2) is 15.7. The van der Waals surface area contributed by atoms with Crippen LogP contribution in [0.2, 0.25) is 0 Å². The van der Waals surface area contributed by atoms with Gasteiger partial charge < -0.3 is 4.74 Å². The number of unbranched alkanes of at least 4 members (excludes halogenated alkanes) is 6. The highest BCUT2D eigenvalue weighted by molar-refractivity contribution is 7.14. The maximum Gasteiger partial charge on any atom is 0.314 e. The minimum absolute atomic E-state index is 0.0543. The molecule has 5 heteroatoms. The van der Waals surface area contributed by atoms with E-state index in [2.05, 4.69) is 24.0 Å². The van der Waals surface area contributed by atoms with Crippen molar-refractivity contribution in [2.24, 2.45) is 17.8 Å². The highest BCUT2D eigenvalue weighted by atomic mass is 32.1. The molecule has 38 heavy (non-hydrogen) atoms. The van der Waals surface area contributed by atoms with Crippen LogP contribution in [0.1, 0.15) is 140 Å². The lowest BCUT2D eigenvalue weighted by atomic mass is 9.80. The summed E-state index contributed by atoms with van der Waals surface area (Å²) in [7, 11) is 0. The van der Waals surface area contributed by atoms with Gasteiger partial charge in [0.1, 0.15) is 15.8 Å². The zero-order valence-electron chi connectivity index (χ0n) is 24.0. The van der Waals surface area contributed by atoms with E-state index in [1.807, 2.05) is 24.3 Å². The van der Waals surface area contributed by atoms with E-state index in [0.717, 1.165) is 35.2 Å². The fraction of sp³-hybridized carbons (Fsp3) is 0.727. The van der Waals surface area contributed by atoms with E-state index in [1.54, 1.807) is 11.3 Å². The molecule has 0 amide bonds. The first-order chi connectivity index (χ1) is 18.7. The summed E-state index contributed by atoms with van der Waals surface area (Å²) in [4.78, 5) is 12.8. The third kappa shape index (κ3) is 8.89. The summed E-state index contributed by atoms with van der Waals surface area (Å²) >= 11 is 1.74. The van der Waals surface area contributed by atoms with Crippen molar-refractivity contribution in [3.63, 3.8) is 0 Å². The Morgan fingerprint density at radius 3 is 1.92 bits per heavy atom. The van der Waals surface area contributed by atoms with Crippen molar-refractivity contribution in [2.75, 3.05) is 0 Å². The van der Waals surface area contributed by atoms with Crippen LogP contribution >= 0.6 is 11.3 Å². The number of rotatable bonds is 14. The molecular weight excluding hydrogens is 488 g/mol. The second-order valence-electron chi connectivity index (χ2n) is 12.0. The smallest absolute Gasteiger partial charge is 0.314 e. The SMILES string of the molecule is CCCCCCC1CCC(C(=O)Oc2ccc(-c3nnc([C@H]4CC[C@H](CCCCCC)CC4)s3)cc2)CC1. The molecule has 2 aromatic rings. The molecule has 210 valence electrons. The quantitative estimate of drug-likeness (QED) is 0.136. The van der Waals surface area contributed by atoms with E-state index in [4.69, 9.17) is 4.74 Å². The van der Waals surface area contributed by atoms with Gasteiger partial charge >= 0.3 is 5.97 Å². The largest absolute Gasteiger partial charge is 0.426 e. The van der Waals surface area contributed by atoms with Gasteiger partial charge in [0.25, 0.3) is 0 Å². The van der Waals surface area contributed by atoms with Gasteiger partial charge in [-0.15, -0.1) is 10.2 Å². The fourth-order valence-electron chi connectivity index (χ4n) is 6.49. The summed E-state index contributed by atoms with van der Waals surface area (Å²) in [5.41, 5.74) is 1.06. The van der Waals surface area contributed by atoms with E-state index in [1.165, 1.54) is 108 Å². The molecule has 0 spiro atoms. The first-order valence-corrected chi connectivity index (χ1v) is 16.6. The Bertz CT molecular complexity index is 940. The molecule has 0 unspecified atom stereocenters. The van der Waals surface area contributed by atoms with Crippen LogP contribution in [0.25, 0.3) is 10.6 Å². The van der Waals surface area contributed by atoms with E-state index in [9.17, 15) is 4.79 Å². The highest BCUT2D eigenvalue weighted by Gasteiger charge is 2.28. The van der Waals surface area contributed by atoms with E-state index < -0.39 is 0 Å². The molecule has 0 radical (unpaired) electrons. The molecule has 1 aromatic carbocycles. The summed E-state index contributed by atoms with van der Waals surface area (Å²) in [6.07, 6.45) is 23.1. The predicted molar refractivity (Wildman–Crippen MR) is 159 cm³/mol. The minimum atomic E-state index is -0.0543. The van der Waals surface area contributed by atoms with Gasteiger partial charge in [-0.05, 0) is 87.5 Å². The predicted octanol–water partition coefficient (Wildman–Crippen LogP) is 10.1. The van der Waals surface area contributed by atoms with Crippen molar-refractivity contribution in [3.05, 3.63) is 29.3 Å². The maximum atomic E-state index is 12.8. The average molecular weight is 539 g/mol. The van der Waals surface area contributed by atoms with Crippen molar-refractivity contribution in [2.45, 2.75) is 135 Å². The van der Waals surface area contributed by atoms with Gasteiger partial charge in [-0.3, -0.25) is 4.79 Å². The minimum Gasteiger partial charge on any atom is -0.426 e. The van der Waals surface area contributed by atoms with Crippen LogP contribution in [-0.2, 0) is 4.79 Å². The summed E-state index contributed by atoms with van der Waals surface area (Å²) in [5, 5.41) is 11.3. The third-order valence-electron chi connectivity index (χ3n) is 9.07. The fourth-order valence-corrected chi connectivity index (χ4v) is 7.50. The van der Waals surface area contributed by atoms with Crippen molar-refractivity contribution in [3.8, 4) is 16.3 Å². The summed E-state index contributed by atoms with van der Waals surface area (Å²) in [5.74, 6) is 2.93. The van der Waals surface area contributed by atoms with Gasteiger partial charge in [0.15, 0.2) is 0 Å². The number of nitrogens with zero attached hydrogens (tertiary/aromatic N) is 2. The number of hydrogen-bond acceptors (Lipinski definition) is 5. The topological polar surface area (TPSA) is 52.1 Å². The first kappa shape index (κ1) is 29.2. The summed E-state index contributed by atoms with van der Waals surface area (Å²) in [6, 6.07) is 7.87. The van der Waals surface area contributed by atoms with Crippen LogP contribution in [0, 0.1) is 17.8 Å². The lowest BCUT2D eigenvalue weighted by Gasteiger charge is -2.27. The zero-order chi connectivity index (χ0) is 26.6. The molecule has 0 N–H and O–H groups in total. The Kier molecular flexibility index (Phi) is 12.1. The molecule has 2 aliphatic carbocycles. The lowest BCUT2D eigenvalue weighted by molar-refractivity contribution is -0.140. The van der Waals surface area contributed by atoms with E-state index in [0.29, 0.717) is 11.7 Å². The number of hydrogen-bond donors (Lipinski definition) is 0. The van der Waals surface area contributed by atoms with E-state index >= 15 is 0 Å². The zero-order valence-corrected chi connectivity index (χ0v) is 24.8. The molecule has 1 aromatic heterocycles. The number of esters is 1. The van der Waals surface area contributed by atoms with Gasteiger partial charge in [0, 0.05) is 11.5 Å². The highest BCUT2D eigenvalue weighted by Crippen LogP contribution is 2.40. The van der Waals surface area contributed by atoms with Gasteiger partial charge in [0.2, 0.25) is 0 Å². The molecule has 2 aliphatic rings. The number of carbonyl (C=O) groups is 1. The van der Waals surface area contributed by atoms with Crippen LogP contribution in [0.4, 0.5) is 0 Å². The normalized spacial score (nSPS) is 23.8. The molecule has 4 nitrogen and oxygen atoms in total. The molecule has 2 saturated carbocycles. The number of benzene rings is 1. The van der Waals surface area contributed by atoms with Crippen molar-refractivity contribution in [1.82, 2.24) is 10.2 Å². The molecule has 1 heterocycles. The van der Waals surface area contributed by atoms with Crippen LogP contribution in [0.5, 0.6) is 5.75 Å². The third-order valence-corrected chi connectivity index (χ3v) is 10.2. The molecule has 0 bridgehead atoms. The standard InChI is InChI=1S/C33H50N2O2S/c1-3-5-7-9-11-25-13-17-27(18-14-25)31-34-35-32(38-31)28-21-23-30(24-22-28)37-33(36)29-19-15-26(16-20-29)12-10-8-6-4-2/h21-27,29H,3-20H2,1-2H3/t25-,26?,27-,29?. The molecule has 0 aliphatic heterocycles. The molecule has 2 fully saturated rings. The van der Waals surface area contributed by atoms with E-state index in [-0.39, 0.29) is 11.9 Å². The summed E-state index contributed by atoms with van der Waals surface area (Å²) in [6.45, 7) is 4.55. The Morgan fingerprint density at radius 1 is 0.763 bits per heavy atom. The summed E-state index contributed by atoms with van der Waals surface area (Å²) < 4.78 is 5.77. The van der Waals surface area contributed by atoms with Crippen LogP contribution in [-0.4, -0.2) is 16.2 Å². The molecule has 0 atom stereocenters. The van der Waals surface area contributed by atoms with Crippen molar-refractivity contribution < 1.29 is 9.53 Å². The first-order valence-electron chi connectivity index (χ1n) is 15.8. The van der Waals surface area contributed by atoms with Crippen LogP contribution in [0.3, 0.4) is 0 Å². The monoisotopic (exact) mass is 538 g/mol. The Hall–Kier alpha value is -1.75. The lowest BCUT2D eigenvalue weighted by Crippen LogP contribution is -2.25. The van der Waals surface area contributed by atoms with Gasteiger partial charge in [-0.2, -0.15) is 0 Å². The van der Waals surface area contributed by atoms with Crippen LogP contribution < -0.4 is 4.74 Å². The Balaban J connectivity index is 1.19. The van der Waals surface area contributed by atoms with Gasteiger partial charge in [0.05, 0.1) is 5.92 Å². The van der Waals surface area contributed by atoms with Crippen molar-refractivity contribution >= 4 is 17.3 Å². The van der Waals surface area contributed by atoms with Crippen molar-refractivity contribution in [1.29, 1.82) is 0 Å². The van der Waals surface area contributed by atoms with Gasteiger partial charge in [-0.1, -0.05) is 89.4 Å². The average Bonchev–Trinajstić information content (AvgIpc) is 3.45. The van der Waals surface area contributed by atoms with Gasteiger partial charge in [-0.25, -0.2) is 0 Å². The molecular formula is C33H50N2O2S. The molecule has 4 rings (SSSR count). The van der Waals surface area contributed by atoms with Crippen LogP contribution in [0.15, 0.2) is 24.3 Å². The Labute approximate surface area is 235 Å². The maximum absolute atomic E-state index is 12.8. The second-order valence-corrected chi connectivity index (χ2v) is 13.0. The number of carbonyl (C=O) groups excluding carboxylic acids is 1. The molecule has 0 saturated heterocycles. The number of aromatic nitrogens is 2. The number of ether oxygens (including phenoxy) is 1. The Morgan fingerprint density at radius 2 is 1.34 bits per heavy atom.